The van der Waals surface area contributed by atoms with Gasteiger partial charge in [0.25, 0.3) is 0 Å². The number of nitrogens with zero attached hydrogens (tertiary/aromatic N) is 1. The van der Waals surface area contributed by atoms with Gasteiger partial charge >= 0.3 is 0 Å². The summed E-state index contributed by atoms with van der Waals surface area (Å²) >= 11 is 11.9. The molecule has 1 saturated heterocycles. The highest BCUT2D eigenvalue weighted by atomic mass is 35.5. The lowest BCUT2D eigenvalue weighted by atomic mass is 10.1. The Hall–Kier alpha value is -0.770. The number of carbonyl (C=O) groups is 1. The van der Waals surface area contributed by atoms with Crippen LogP contribution in [0.4, 0.5) is 0 Å². The molecule has 2 N–H and O–H groups in total. The third-order valence-electron chi connectivity index (χ3n) is 4.02. The first kappa shape index (κ1) is 13.2. The average molecular weight is 299 g/mol. The summed E-state index contributed by atoms with van der Waals surface area (Å²) in [5.74, 6) is 0.630. The van der Waals surface area contributed by atoms with Crippen LogP contribution >= 0.6 is 23.2 Å². The smallest absolute Gasteiger partial charge is 0.226 e. The van der Waals surface area contributed by atoms with Gasteiger partial charge in [-0.15, -0.1) is 0 Å². The van der Waals surface area contributed by atoms with Crippen LogP contribution in [0.5, 0.6) is 0 Å². The minimum absolute atomic E-state index is 0.0996. The van der Waals surface area contributed by atoms with E-state index in [0.717, 1.165) is 24.9 Å². The maximum atomic E-state index is 12.3. The predicted molar refractivity (Wildman–Crippen MR) is 76.5 cm³/mol. The van der Waals surface area contributed by atoms with Crippen LogP contribution in [-0.2, 0) is 4.79 Å². The number of hydrogen-bond donors (Lipinski definition) is 1. The molecule has 0 radical (unpaired) electrons. The molecule has 1 amide bonds. The van der Waals surface area contributed by atoms with Gasteiger partial charge in [0.15, 0.2) is 0 Å². The molecule has 1 aromatic rings. The van der Waals surface area contributed by atoms with Gasteiger partial charge in [-0.2, -0.15) is 0 Å². The van der Waals surface area contributed by atoms with Crippen LogP contribution in [-0.4, -0.2) is 29.9 Å². The van der Waals surface area contributed by atoms with E-state index in [2.05, 4.69) is 0 Å². The van der Waals surface area contributed by atoms with Gasteiger partial charge in [0.2, 0.25) is 5.91 Å². The van der Waals surface area contributed by atoms with Crippen molar-refractivity contribution in [2.24, 2.45) is 11.7 Å². The lowest BCUT2D eigenvalue weighted by Crippen LogP contribution is -2.33. The number of benzene rings is 1. The van der Waals surface area contributed by atoms with Crippen molar-refractivity contribution in [1.29, 1.82) is 0 Å². The van der Waals surface area contributed by atoms with Crippen molar-refractivity contribution in [2.75, 3.05) is 13.1 Å². The number of hydrogen-bond acceptors (Lipinski definition) is 2. The zero-order valence-corrected chi connectivity index (χ0v) is 12.0. The van der Waals surface area contributed by atoms with Crippen LogP contribution in [0, 0.1) is 5.92 Å². The van der Waals surface area contributed by atoms with Crippen molar-refractivity contribution >= 4 is 29.1 Å². The molecule has 102 valence electrons. The van der Waals surface area contributed by atoms with E-state index in [0.29, 0.717) is 22.5 Å². The van der Waals surface area contributed by atoms with E-state index in [4.69, 9.17) is 28.9 Å². The summed E-state index contributed by atoms with van der Waals surface area (Å²) in [6.45, 7) is 1.49. The number of carbonyl (C=O) groups excluding carboxylic acids is 1. The van der Waals surface area contributed by atoms with Gasteiger partial charge in [0, 0.05) is 25.0 Å². The highest BCUT2D eigenvalue weighted by molar-refractivity contribution is 6.42. The molecule has 0 bridgehead atoms. The van der Waals surface area contributed by atoms with Crippen molar-refractivity contribution in [1.82, 2.24) is 4.90 Å². The van der Waals surface area contributed by atoms with Crippen LogP contribution in [0.1, 0.15) is 24.3 Å². The molecule has 1 saturated carbocycles. The highest BCUT2D eigenvalue weighted by Gasteiger charge is 2.46. The fraction of sp³-hybridized carbons (Fsp3) is 0.500. The molecule has 2 unspecified atom stereocenters. The van der Waals surface area contributed by atoms with E-state index < -0.39 is 0 Å². The van der Waals surface area contributed by atoms with Gasteiger partial charge in [-0.1, -0.05) is 29.3 Å². The molecule has 1 aliphatic carbocycles. The molecule has 5 heteroatoms. The molecule has 3 rings (SSSR count). The maximum absolute atomic E-state index is 12.3. The molecule has 2 aliphatic rings. The second kappa shape index (κ2) is 4.97. The lowest BCUT2D eigenvalue weighted by Gasteiger charge is -2.15. The van der Waals surface area contributed by atoms with Crippen molar-refractivity contribution in [3.05, 3.63) is 33.8 Å². The molecule has 3 nitrogen and oxygen atoms in total. The molecular weight excluding hydrogens is 283 g/mol. The molecule has 1 heterocycles. The number of amides is 1. The Morgan fingerprint density at radius 2 is 2.11 bits per heavy atom. The number of likely N-dealkylation sites (tertiary alicyclic amines) is 1. The molecule has 19 heavy (non-hydrogen) atoms. The number of nitrogens with two attached hydrogens (primary N) is 1. The zero-order chi connectivity index (χ0) is 13.6. The maximum Gasteiger partial charge on any atom is 0.226 e. The standard InChI is InChI=1S/C14H16Cl2N2O/c15-12-2-1-8(5-13(12)16)10-6-11(10)14(19)18-4-3-9(17)7-18/h1-2,5,9-11H,3-4,6-7,17H2/t9-,10?,11?/m1/s1. The lowest BCUT2D eigenvalue weighted by molar-refractivity contribution is -0.131. The van der Waals surface area contributed by atoms with E-state index in [9.17, 15) is 4.79 Å². The highest BCUT2D eigenvalue weighted by Crippen LogP contribution is 2.49. The van der Waals surface area contributed by atoms with Crippen molar-refractivity contribution in [3.8, 4) is 0 Å². The topological polar surface area (TPSA) is 46.3 Å². The van der Waals surface area contributed by atoms with Gasteiger partial charge in [0.05, 0.1) is 10.0 Å². The molecule has 2 fully saturated rings. The number of halogens is 2. The molecule has 0 spiro atoms. The van der Waals surface area contributed by atoms with E-state index in [1.165, 1.54) is 0 Å². The van der Waals surface area contributed by atoms with Gasteiger partial charge in [-0.25, -0.2) is 0 Å². The van der Waals surface area contributed by atoms with Crippen LogP contribution in [0.2, 0.25) is 10.0 Å². The minimum atomic E-state index is 0.0996. The second-order valence-electron chi connectivity index (χ2n) is 5.46. The van der Waals surface area contributed by atoms with Crippen LogP contribution in [0.25, 0.3) is 0 Å². The van der Waals surface area contributed by atoms with Crippen molar-refractivity contribution < 1.29 is 4.79 Å². The molecule has 3 atom stereocenters. The summed E-state index contributed by atoms with van der Waals surface area (Å²) in [7, 11) is 0. The monoisotopic (exact) mass is 298 g/mol. The summed E-state index contributed by atoms with van der Waals surface area (Å²) in [6.07, 6.45) is 1.82. The van der Waals surface area contributed by atoms with Crippen molar-refractivity contribution in [2.45, 2.75) is 24.8 Å². The normalized spacial score (nSPS) is 29.6. The fourth-order valence-corrected chi connectivity index (χ4v) is 3.11. The minimum Gasteiger partial charge on any atom is -0.341 e. The third-order valence-corrected chi connectivity index (χ3v) is 4.75. The summed E-state index contributed by atoms with van der Waals surface area (Å²) in [5, 5.41) is 1.11. The first-order chi connectivity index (χ1) is 9.06. The van der Waals surface area contributed by atoms with E-state index >= 15 is 0 Å². The second-order valence-corrected chi connectivity index (χ2v) is 6.27. The Morgan fingerprint density at radius 3 is 2.74 bits per heavy atom. The largest absolute Gasteiger partial charge is 0.341 e. The van der Waals surface area contributed by atoms with E-state index in [1.54, 1.807) is 6.07 Å². The Morgan fingerprint density at radius 1 is 1.32 bits per heavy atom. The summed E-state index contributed by atoms with van der Waals surface area (Å²) in [6, 6.07) is 5.77. The SMILES string of the molecule is N[C@@H]1CCN(C(=O)C2CC2c2ccc(Cl)c(Cl)c2)C1. The first-order valence-corrected chi connectivity index (χ1v) is 7.31. The summed E-state index contributed by atoms with van der Waals surface area (Å²) in [5.41, 5.74) is 6.95. The Balaban J connectivity index is 1.67. The Bertz CT molecular complexity index is 520. The molecule has 0 aromatic heterocycles. The molecule has 1 aromatic carbocycles. The van der Waals surface area contributed by atoms with Gasteiger partial charge in [-0.05, 0) is 36.5 Å². The van der Waals surface area contributed by atoms with E-state index in [-0.39, 0.29) is 17.9 Å². The van der Waals surface area contributed by atoms with Crippen LogP contribution in [0.15, 0.2) is 18.2 Å². The molecule has 1 aliphatic heterocycles. The Labute approximate surface area is 122 Å². The van der Waals surface area contributed by atoms with Crippen molar-refractivity contribution in [3.63, 3.8) is 0 Å². The quantitative estimate of drug-likeness (QED) is 0.912. The Kier molecular flexibility index (Phi) is 3.46. The zero-order valence-electron chi connectivity index (χ0n) is 10.5. The van der Waals surface area contributed by atoms with Crippen LogP contribution < -0.4 is 5.73 Å². The van der Waals surface area contributed by atoms with Crippen LogP contribution in [0.3, 0.4) is 0 Å². The summed E-state index contributed by atoms with van der Waals surface area (Å²) in [4.78, 5) is 14.2. The van der Waals surface area contributed by atoms with Gasteiger partial charge < -0.3 is 10.6 Å². The number of rotatable bonds is 2. The summed E-state index contributed by atoms with van der Waals surface area (Å²) < 4.78 is 0. The predicted octanol–water partition coefficient (Wildman–Crippen LogP) is 2.66. The molecular formula is C14H16Cl2N2O. The van der Waals surface area contributed by atoms with E-state index in [1.807, 2.05) is 17.0 Å². The fourth-order valence-electron chi connectivity index (χ4n) is 2.80. The third kappa shape index (κ3) is 2.60. The van der Waals surface area contributed by atoms with Gasteiger partial charge in [0.1, 0.15) is 0 Å². The average Bonchev–Trinajstić information content (AvgIpc) is 3.07. The first-order valence-electron chi connectivity index (χ1n) is 6.55. The van der Waals surface area contributed by atoms with Gasteiger partial charge in [-0.3, -0.25) is 4.79 Å².